The molecular formula is C48H77NO11S2. The van der Waals surface area contributed by atoms with E-state index in [1.807, 2.05) is 30.4 Å². The predicted octanol–water partition coefficient (Wildman–Crippen LogP) is 7.26. The third kappa shape index (κ3) is 14.4. The highest BCUT2D eigenvalue weighted by Gasteiger charge is 2.55. The van der Waals surface area contributed by atoms with E-state index in [0.29, 0.717) is 56.3 Å². The van der Waals surface area contributed by atoms with Gasteiger partial charge in [-0.3, -0.25) is 14.4 Å². The van der Waals surface area contributed by atoms with Crippen molar-refractivity contribution in [1.29, 1.82) is 0 Å². The Kier molecular flexibility index (Phi) is 20.8. The number of aliphatic hydroxyl groups excluding tert-OH is 1. The number of ketones is 2. The maximum absolute atomic E-state index is 14.2. The molecule has 3 saturated heterocycles. The van der Waals surface area contributed by atoms with Gasteiger partial charge >= 0.3 is 5.97 Å². The third-order valence-corrected chi connectivity index (χ3v) is 16.6. The van der Waals surface area contributed by atoms with Crippen LogP contribution in [0.25, 0.3) is 0 Å². The smallest absolute Gasteiger partial charge is 0.329 e. The summed E-state index contributed by atoms with van der Waals surface area (Å²) in [4.78, 5) is 55.8. The highest BCUT2D eigenvalue weighted by atomic mass is 32.2. The molecule has 1 amide bonds. The van der Waals surface area contributed by atoms with Crippen molar-refractivity contribution >= 4 is 47.0 Å². The van der Waals surface area contributed by atoms with Crippen molar-refractivity contribution < 1.29 is 53.1 Å². The van der Waals surface area contributed by atoms with Crippen molar-refractivity contribution in [3.8, 4) is 0 Å². The van der Waals surface area contributed by atoms with Crippen LogP contribution in [0.1, 0.15) is 130 Å². The molecule has 0 radical (unpaired) electrons. The summed E-state index contributed by atoms with van der Waals surface area (Å²) < 4.78 is 29.6. The number of methoxy groups -OCH3 is 2. The molecule has 1 saturated carbocycles. The lowest BCUT2D eigenvalue weighted by molar-refractivity contribution is -0.287. The number of Topliss-reactive ketones (excluding diaryl/α,β-unsaturated/α-hetero) is 2. The first kappa shape index (κ1) is 51.2. The average molecular weight is 908 g/mol. The molecule has 4 heterocycles. The minimum absolute atomic E-state index is 0.0757. The topological polar surface area (TPSA) is 158 Å². The number of carbonyl (C=O) groups excluding carboxylic acids is 4. The molecular weight excluding hydrogens is 831 g/mol. The molecule has 12 nitrogen and oxygen atoms in total. The number of ether oxygens (including phenoxy) is 5. The van der Waals surface area contributed by atoms with Gasteiger partial charge in [0.1, 0.15) is 18.8 Å². The van der Waals surface area contributed by atoms with E-state index < -0.39 is 53.7 Å². The number of rotatable bonds is 11. The normalized spacial score (nSPS) is 37.7. The molecule has 1 aliphatic carbocycles. The summed E-state index contributed by atoms with van der Waals surface area (Å²) >= 11 is 3.83. The monoisotopic (exact) mass is 907 g/mol. The number of hydrogen-bond acceptors (Lipinski definition) is 13. The van der Waals surface area contributed by atoms with E-state index in [0.717, 1.165) is 80.6 Å². The van der Waals surface area contributed by atoms with Crippen LogP contribution in [0.5, 0.6) is 0 Å². The Morgan fingerprint density at radius 3 is 2.50 bits per heavy atom. The molecule has 12 atom stereocenters. The fourth-order valence-electron chi connectivity index (χ4n) is 10.0. The molecule has 0 spiro atoms. The first-order valence-corrected chi connectivity index (χ1v) is 25.8. The second-order valence-corrected chi connectivity index (χ2v) is 21.4. The number of aliphatic hydroxyl groups is 2. The fourth-order valence-corrected chi connectivity index (χ4v) is 12.7. The van der Waals surface area contributed by atoms with Gasteiger partial charge in [0.05, 0.1) is 24.4 Å². The van der Waals surface area contributed by atoms with Gasteiger partial charge in [0.25, 0.3) is 11.7 Å². The Morgan fingerprint density at radius 2 is 1.74 bits per heavy atom. The molecule has 0 aromatic heterocycles. The Labute approximate surface area is 379 Å². The Hall–Kier alpha value is -1.78. The number of cyclic esters (lactones) is 1. The van der Waals surface area contributed by atoms with Gasteiger partial charge in [0.2, 0.25) is 5.79 Å². The SMILES string of the molecule is COC1CC(C)C2(O)OC1CCC(C)C/C(C)=C/CCCC(O)CC(/C(C)=C/C1CCC(SCCCSCC3CCOCC3=O)C(OC)C1)OC(=O)C1CCCCN1C(=O)C2=O. The average Bonchev–Trinajstić information content (AvgIpc) is 3.26. The molecule has 12 unspecified atom stereocenters. The Bertz CT molecular complexity index is 1540. The summed E-state index contributed by atoms with van der Waals surface area (Å²) in [5.41, 5.74) is 2.12. The number of esters is 1. The lowest BCUT2D eigenvalue weighted by Crippen LogP contribution is -2.62. The van der Waals surface area contributed by atoms with Crippen LogP contribution < -0.4 is 0 Å². The zero-order valence-electron chi connectivity index (χ0n) is 38.4. The molecule has 5 aliphatic rings. The lowest BCUT2D eigenvalue weighted by atomic mass is 9.83. The van der Waals surface area contributed by atoms with Crippen LogP contribution in [0.2, 0.25) is 0 Å². The van der Waals surface area contributed by atoms with Gasteiger partial charge in [0, 0.05) is 56.6 Å². The lowest BCUT2D eigenvalue weighted by Gasteiger charge is -2.45. The van der Waals surface area contributed by atoms with Gasteiger partial charge in [0.15, 0.2) is 5.78 Å². The second-order valence-electron chi connectivity index (χ2n) is 18.9. The van der Waals surface area contributed by atoms with Crippen LogP contribution in [-0.2, 0) is 42.9 Å². The van der Waals surface area contributed by atoms with E-state index >= 15 is 0 Å². The summed E-state index contributed by atoms with van der Waals surface area (Å²) in [5, 5.41) is 23.7. The molecule has 352 valence electrons. The number of piperidine rings is 1. The summed E-state index contributed by atoms with van der Waals surface area (Å²) in [6, 6.07) is -1.01. The standard InChI is InChI=1S/C48H77NO11S2/c1-31-12-7-8-13-37(50)28-41(33(3)25-35-16-18-44(43(27-35)57-6)62-23-11-22-61-30-36-19-21-58-29-39(36)51)59-47(54)38-14-9-10-20-49(38)46(53)45(52)48(55)34(4)26-42(56-5)40(60-48)17-15-32(2)24-31/h12,25,32,34-38,40-44,50,55H,7-11,13-24,26-30H2,1-6H3/b31-12+,33-25+. The first-order valence-electron chi connectivity index (χ1n) is 23.6. The van der Waals surface area contributed by atoms with E-state index in [1.165, 1.54) is 10.5 Å². The van der Waals surface area contributed by atoms with Crippen molar-refractivity contribution in [3.63, 3.8) is 0 Å². The van der Waals surface area contributed by atoms with Crippen LogP contribution >= 0.6 is 23.5 Å². The molecule has 0 aromatic carbocycles. The van der Waals surface area contributed by atoms with Crippen molar-refractivity contribution in [1.82, 2.24) is 4.90 Å². The second kappa shape index (κ2) is 25.2. The molecule has 5 rings (SSSR count). The number of fused-ring (bicyclic) bond motifs is 3. The number of carbonyl (C=O) groups is 4. The van der Waals surface area contributed by atoms with E-state index in [4.69, 9.17) is 23.7 Å². The van der Waals surface area contributed by atoms with Crippen molar-refractivity contribution in [2.75, 3.05) is 51.2 Å². The van der Waals surface area contributed by atoms with Gasteiger partial charge in [-0.15, -0.1) is 0 Å². The summed E-state index contributed by atoms with van der Waals surface area (Å²) in [6.45, 7) is 9.08. The number of allylic oxidation sites excluding steroid dienone is 3. The van der Waals surface area contributed by atoms with Crippen LogP contribution in [0.4, 0.5) is 0 Å². The molecule has 4 fully saturated rings. The Morgan fingerprint density at radius 1 is 0.952 bits per heavy atom. The molecule has 4 aliphatic heterocycles. The fraction of sp³-hybridized carbons (Fsp3) is 0.833. The zero-order chi connectivity index (χ0) is 44.8. The number of thioether (sulfide) groups is 2. The quantitative estimate of drug-likeness (QED) is 0.0925. The highest BCUT2D eigenvalue weighted by Crippen LogP contribution is 2.39. The number of nitrogens with zero attached hydrogens (tertiary/aromatic N) is 1. The molecule has 2 bridgehead atoms. The van der Waals surface area contributed by atoms with Gasteiger partial charge in [-0.2, -0.15) is 23.5 Å². The van der Waals surface area contributed by atoms with Gasteiger partial charge < -0.3 is 38.8 Å². The Balaban J connectivity index is 1.27. The maximum Gasteiger partial charge on any atom is 0.329 e. The van der Waals surface area contributed by atoms with E-state index in [9.17, 15) is 29.4 Å². The molecule has 14 heteroatoms. The van der Waals surface area contributed by atoms with Crippen molar-refractivity contribution in [3.05, 3.63) is 23.3 Å². The molecule has 0 aromatic rings. The third-order valence-electron chi connectivity index (χ3n) is 13.9. The predicted molar refractivity (Wildman–Crippen MR) is 244 cm³/mol. The minimum atomic E-state index is -2.35. The summed E-state index contributed by atoms with van der Waals surface area (Å²) in [7, 11) is 3.38. The largest absolute Gasteiger partial charge is 0.456 e. The summed E-state index contributed by atoms with van der Waals surface area (Å²) in [6.07, 6.45) is 13.4. The zero-order valence-corrected chi connectivity index (χ0v) is 40.0. The van der Waals surface area contributed by atoms with Crippen molar-refractivity contribution in [2.24, 2.45) is 23.7 Å². The number of amides is 1. The van der Waals surface area contributed by atoms with Gasteiger partial charge in [-0.05, 0) is 139 Å². The van der Waals surface area contributed by atoms with E-state index in [1.54, 1.807) is 21.1 Å². The van der Waals surface area contributed by atoms with Crippen LogP contribution in [0, 0.1) is 23.7 Å². The molecule has 62 heavy (non-hydrogen) atoms. The van der Waals surface area contributed by atoms with Crippen molar-refractivity contribution in [2.45, 2.75) is 178 Å². The van der Waals surface area contributed by atoms with Crippen LogP contribution in [0.3, 0.4) is 0 Å². The summed E-state index contributed by atoms with van der Waals surface area (Å²) in [5.74, 6) is -1.86. The highest BCUT2D eigenvalue weighted by molar-refractivity contribution is 8.00. The van der Waals surface area contributed by atoms with E-state index in [2.05, 4.69) is 26.0 Å². The minimum Gasteiger partial charge on any atom is -0.456 e. The van der Waals surface area contributed by atoms with Crippen LogP contribution in [-0.4, -0.2) is 137 Å². The molecule has 2 N–H and O–H groups in total. The van der Waals surface area contributed by atoms with E-state index in [-0.39, 0.29) is 49.4 Å². The maximum atomic E-state index is 14.2. The first-order chi connectivity index (χ1) is 29.7. The van der Waals surface area contributed by atoms with Crippen LogP contribution in [0.15, 0.2) is 23.3 Å². The van der Waals surface area contributed by atoms with Gasteiger partial charge in [-0.25, -0.2) is 4.79 Å². The van der Waals surface area contributed by atoms with Gasteiger partial charge in [-0.1, -0.05) is 31.6 Å². The number of hydrogen-bond donors (Lipinski definition) is 2.